The monoisotopic (exact) mass is 321 g/mol. The maximum atomic E-state index is 12.6. The minimum atomic E-state index is -0.553. The molecule has 4 heterocycles. The number of hydrogen-bond acceptors (Lipinski definition) is 5. The summed E-state index contributed by atoms with van der Waals surface area (Å²) in [5.74, 6) is 0.169. The van der Waals surface area contributed by atoms with Gasteiger partial charge in [-0.3, -0.25) is 9.59 Å². The van der Waals surface area contributed by atoms with Crippen LogP contribution in [-0.4, -0.2) is 58.1 Å². The highest BCUT2D eigenvalue weighted by atomic mass is 32.1. The fourth-order valence-corrected chi connectivity index (χ4v) is 4.61. The largest absolute Gasteiger partial charge is 0.353 e. The molecule has 3 aliphatic heterocycles. The molecule has 0 aliphatic carbocycles. The van der Waals surface area contributed by atoms with Crippen molar-refractivity contribution in [1.82, 2.24) is 14.8 Å². The first kappa shape index (κ1) is 14.1. The first-order valence-corrected chi connectivity index (χ1v) is 8.63. The molecule has 22 heavy (non-hydrogen) atoms. The van der Waals surface area contributed by atoms with Crippen molar-refractivity contribution >= 4 is 23.2 Å². The summed E-state index contributed by atoms with van der Waals surface area (Å²) >= 11 is 1.56. The van der Waals surface area contributed by atoms with E-state index in [1.165, 1.54) is 0 Å². The number of ether oxygens (including phenoxy) is 1. The molecule has 3 aliphatic rings. The van der Waals surface area contributed by atoms with Crippen LogP contribution in [0, 0.1) is 6.92 Å². The van der Waals surface area contributed by atoms with Gasteiger partial charge in [0.1, 0.15) is 0 Å². The number of amides is 2. The summed E-state index contributed by atoms with van der Waals surface area (Å²) in [6, 6.07) is -0.132. The van der Waals surface area contributed by atoms with Crippen LogP contribution >= 0.6 is 11.3 Å². The van der Waals surface area contributed by atoms with Crippen molar-refractivity contribution in [2.75, 3.05) is 19.7 Å². The fourth-order valence-electron chi connectivity index (χ4n) is 3.99. The van der Waals surface area contributed by atoms with Crippen LogP contribution in [0.1, 0.15) is 30.0 Å². The van der Waals surface area contributed by atoms with E-state index in [9.17, 15) is 9.59 Å². The van der Waals surface area contributed by atoms with Crippen molar-refractivity contribution in [3.63, 3.8) is 0 Å². The molecule has 2 atom stereocenters. The van der Waals surface area contributed by atoms with Crippen molar-refractivity contribution in [2.45, 2.75) is 44.4 Å². The van der Waals surface area contributed by atoms with Gasteiger partial charge in [0.2, 0.25) is 11.8 Å². The molecule has 0 unspecified atom stereocenters. The van der Waals surface area contributed by atoms with Gasteiger partial charge in [0, 0.05) is 24.9 Å². The zero-order valence-corrected chi connectivity index (χ0v) is 13.4. The third-order valence-electron chi connectivity index (χ3n) is 4.93. The number of hydrogen-bond donors (Lipinski definition) is 0. The molecular formula is C15H19N3O3S. The maximum Gasteiger partial charge on any atom is 0.229 e. The standard InChI is InChI=1S/C15H19N3O3S/c1-10-16-11(9-22-10)7-13(19)17-5-3-15-12(17)8-14(20)18(15)4-2-6-21-15/h9,12H,2-8H2,1H3/t12-,15+/m1/s1. The maximum absolute atomic E-state index is 12.6. The molecule has 1 aromatic heterocycles. The summed E-state index contributed by atoms with van der Waals surface area (Å²) in [5.41, 5.74) is 0.266. The molecule has 0 saturated carbocycles. The van der Waals surface area contributed by atoms with Gasteiger partial charge in [-0.15, -0.1) is 11.3 Å². The Labute approximate surface area is 133 Å². The summed E-state index contributed by atoms with van der Waals surface area (Å²) in [6.07, 6.45) is 2.31. The van der Waals surface area contributed by atoms with Gasteiger partial charge in [-0.25, -0.2) is 4.98 Å². The lowest BCUT2D eigenvalue weighted by Gasteiger charge is -2.42. The number of aryl methyl sites for hydroxylation is 1. The van der Waals surface area contributed by atoms with Crippen molar-refractivity contribution in [3.8, 4) is 0 Å². The summed E-state index contributed by atoms with van der Waals surface area (Å²) in [7, 11) is 0. The highest BCUT2D eigenvalue weighted by Crippen LogP contribution is 2.44. The topological polar surface area (TPSA) is 62.7 Å². The van der Waals surface area contributed by atoms with Crippen molar-refractivity contribution in [1.29, 1.82) is 0 Å². The second kappa shape index (κ2) is 5.03. The second-order valence-corrected chi connectivity index (χ2v) is 7.25. The number of likely N-dealkylation sites (tertiary alicyclic amines) is 1. The van der Waals surface area contributed by atoms with Gasteiger partial charge in [-0.1, -0.05) is 0 Å². The van der Waals surface area contributed by atoms with E-state index >= 15 is 0 Å². The summed E-state index contributed by atoms with van der Waals surface area (Å²) < 4.78 is 6.02. The van der Waals surface area contributed by atoms with Crippen LogP contribution in [0.2, 0.25) is 0 Å². The molecule has 0 bridgehead atoms. The average molecular weight is 321 g/mol. The molecule has 1 spiro atoms. The summed E-state index contributed by atoms with van der Waals surface area (Å²) in [6.45, 7) is 4.03. The van der Waals surface area contributed by atoms with Gasteiger partial charge < -0.3 is 14.5 Å². The number of carbonyl (C=O) groups is 2. The van der Waals surface area contributed by atoms with E-state index < -0.39 is 5.72 Å². The summed E-state index contributed by atoms with van der Waals surface area (Å²) in [5, 5.41) is 2.90. The molecule has 0 N–H and O–H groups in total. The molecule has 3 fully saturated rings. The van der Waals surface area contributed by atoms with Gasteiger partial charge in [-0.05, 0) is 13.3 Å². The number of nitrogens with zero attached hydrogens (tertiary/aromatic N) is 3. The van der Waals surface area contributed by atoms with Crippen LogP contribution in [-0.2, 0) is 20.7 Å². The quantitative estimate of drug-likeness (QED) is 0.813. The van der Waals surface area contributed by atoms with Crippen molar-refractivity contribution in [2.24, 2.45) is 0 Å². The Kier molecular flexibility index (Phi) is 3.23. The molecule has 0 radical (unpaired) electrons. The number of carbonyl (C=O) groups excluding carboxylic acids is 2. The van der Waals surface area contributed by atoms with Gasteiger partial charge in [0.25, 0.3) is 0 Å². The van der Waals surface area contributed by atoms with Gasteiger partial charge in [-0.2, -0.15) is 0 Å². The zero-order chi connectivity index (χ0) is 15.3. The van der Waals surface area contributed by atoms with E-state index in [1.807, 2.05) is 22.1 Å². The lowest BCUT2D eigenvalue weighted by Crippen LogP contribution is -2.56. The first-order chi connectivity index (χ1) is 10.6. The van der Waals surface area contributed by atoms with Crippen molar-refractivity contribution < 1.29 is 14.3 Å². The van der Waals surface area contributed by atoms with Crippen LogP contribution in [0.15, 0.2) is 5.38 Å². The van der Waals surface area contributed by atoms with Gasteiger partial charge >= 0.3 is 0 Å². The minimum absolute atomic E-state index is 0.0519. The van der Waals surface area contributed by atoms with Crippen LogP contribution in [0.3, 0.4) is 0 Å². The predicted molar refractivity (Wildman–Crippen MR) is 80.3 cm³/mol. The summed E-state index contributed by atoms with van der Waals surface area (Å²) in [4.78, 5) is 33.0. The van der Waals surface area contributed by atoms with Gasteiger partial charge in [0.15, 0.2) is 5.72 Å². The molecule has 6 nitrogen and oxygen atoms in total. The van der Waals surface area contributed by atoms with E-state index in [-0.39, 0.29) is 17.9 Å². The van der Waals surface area contributed by atoms with E-state index in [2.05, 4.69) is 4.98 Å². The molecule has 4 rings (SSSR count). The smallest absolute Gasteiger partial charge is 0.229 e. The van der Waals surface area contributed by atoms with Crippen molar-refractivity contribution in [3.05, 3.63) is 16.1 Å². The van der Waals surface area contributed by atoms with E-state index in [0.29, 0.717) is 26.0 Å². The molecule has 118 valence electrons. The lowest BCUT2D eigenvalue weighted by atomic mass is 10.0. The highest BCUT2D eigenvalue weighted by Gasteiger charge is 2.61. The van der Waals surface area contributed by atoms with E-state index in [1.54, 1.807) is 11.3 Å². The minimum Gasteiger partial charge on any atom is -0.353 e. The molecule has 1 aromatic rings. The van der Waals surface area contributed by atoms with Crippen LogP contribution < -0.4 is 0 Å². The molecule has 3 saturated heterocycles. The molecule has 0 aromatic carbocycles. The number of rotatable bonds is 2. The molecular weight excluding hydrogens is 302 g/mol. The fraction of sp³-hybridized carbons (Fsp3) is 0.667. The normalized spacial score (nSPS) is 30.6. The zero-order valence-electron chi connectivity index (χ0n) is 12.6. The highest BCUT2D eigenvalue weighted by molar-refractivity contribution is 7.09. The first-order valence-electron chi connectivity index (χ1n) is 7.75. The Morgan fingerprint density at radius 2 is 2.41 bits per heavy atom. The SMILES string of the molecule is Cc1nc(CC(=O)N2CC[C@@]34OCCCN3C(=O)C[C@@H]24)cs1. The Hall–Kier alpha value is -1.47. The third-order valence-corrected chi connectivity index (χ3v) is 5.75. The average Bonchev–Trinajstić information content (AvgIpc) is 3.12. The van der Waals surface area contributed by atoms with E-state index in [4.69, 9.17) is 4.74 Å². The molecule has 2 amide bonds. The van der Waals surface area contributed by atoms with Crippen LogP contribution in [0.25, 0.3) is 0 Å². The predicted octanol–water partition coefficient (Wildman–Crippen LogP) is 0.944. The Morgan fingerprint density at radius 3 is 3.18 bits per heavy atom. The van der Waals surface area contributed by atoms with Crippen LogP contribution in [0.4, 0.5) is 0 Å². The second-order valence-electron chi connectivity index (χ2n) is 6.18. The molecule has 7 heteroatoms. The lowest BCUT2D eigenvalue weighted by molar-refractivity contribution is -0.181. The number of aromatic nitrogens is 1. The van der Waals surface area contributed by atoms with Gasteiger partial charge in [0.05, 0.1) is 36.2 Å². The Morgan fingerprint density at radius 1 is 1.55 bits per heavy atom. The number of thiazole rings is 1. The Bertz CT molecular complexity index is 631. The van der Waals surface area contributed by atoms with Crippen LogP contribution in [0.5, 0.6) is 0 Å². The Balaban J connectivity index is 1.54. The third kappa shape index (κ3) is 1.99. The van der Waals surface area contributed by atoms with E-state index in [0.717, 1.165) is 30.1 Å².